The van der Waals surface area contributed by atoms with Gasteiger partial charge in [0.1, 0.15) is 5.56 Å². The molecule has 0 spiro atoms. The molecule has 4 rings (SSSR count). The second-order valence-electron chi connectivity index (χ2n) is 5.68. The fraction of sp³-hybridized carbons (Fsp3) is 0.0556. The summed E-state index contributed by atoms with van der Waals surface area (Å²) in [5.74, 6) is -0.961. The lowest BCUT2D eigenvalue weighted by Crippen LogP contribution is -2.21. The molecule has 0 amide bonds. The van der Waals surface area contributed by atoms with E-state index >= 15 is 0 Å². The normalized spacial score (nSPS) is 15.6. The van der Waals surface area contributed by atoms with Crippen LogP contribution in [0.5, 0.6) is 5.88 Å². The van der Waals surface area contributed by atoms with Crippen LogP contribution in [0, 0.1) is 4.77 Å². The van der Waals surface area contributed by atoms with Crippen molar-refractivity contribution >= 4 is 29.8 Å². The van der Waals surface area contributed by atoms with E-state index < -0.39 is 23.5 Å². The summed E-state index contributed by atoms with van der Waals surface area (Å²) in [6, 6.07) is 13.3. The first kappa shape index (κ1) is 16.6. The van der Waals surface area contributed by atoms with Crippen molar-refractivity contribution in [2.75, 3.05) is 0 Å². The van der Waals surface area contributed by atoms with Crippen LogP contribution in [0.15, 0.2) is 53.3 Å². The van der Waals surface area contributed by atoms with Crippen LogP contribution in [-0.4, -0.2) is 20.6 Å². The van der Waals surface area contributed by atoms with Gasteiger partial charge in [-0.25, -0.2) is 4.79 Å². The van der Waals surface area contributed by atoms with Crippen molar-refractivity contribution < 1.29 is 14.6 Å². The lowest BCUT2D eigenvalue weighted by molar-refractivity contribution is 0.0449. The van der Waals surface area contributed by atoms with Crippen molar-refractivity contribution in [3.05, 3.63) is 85.4 Å². The zero-order valence-electron chi connectivity index (χ0n) is 13.1. The van der Waals surface area contributed by atoms with E-state index in [1.807, 2.05) is 0 Å². The third-order valence-corrected chi connectivity index (χ3v) is 4.66. The van der Waals surface area contributed by atoms with Gasteiger partial charge in [-0.05, 0) is 36.5 Å². The number of aromatic amines is 1. The zero-order chi connectivity index (χ0) is 18.4. The Hall–Kier alpha value is -2.90. The fourth-order valence-electron chi connectivity index (χ4n) is 2.99. The van der Waals surface area contributed by atoms with Gasteiger partial charge in [0.15, 0.2) is 10.9 Å². The van der Waals surface area contributed by atoms with E-state index in [1.165, 1.54) is 4.57 Å². The van der Waals surface area contributed by atoms with E-state index in [2.05, 4.69) is 4.98 Å². The number of nitrogens with zero attached hydrogens (tertiary/aromatic N) is 1. The summed E-state index contributed by atoms with van der Waals surface area (Å²) in [4.78, 5) is 27.1. The number of carbonyl (C=O) groups excluding carboxylic acids is 1. The molecule has 1 aromatic heterocycles. The molecule has 0 bridgehead atoms. The number of rotatable bonds is 2. The van der Waals surface area contributed by atoms with Gasteiger partial charge >= 0.3 is 5.97 Å². The molecule has 1 unspecified atom stereocenters. The summed E-state index contributed by atoms with van der Waals surface area (Å²) in [5.41, 5.74) is 0.605. The number of hydrogen-bond acceptors (Lipinski definition) is 5. The largest absolute Gasteiger partial charge is 0.494 e. The number of carbonyl (C=O) groups is 1. The standard InChI is InChI=1S/C18H11ClN2O4S/c19-9-4-3-5-10(8-9)21-16(23)13(15(22)20-18(21)26)14-11-6-1-2-7-12(11)17(24)25-14/h1-8,14,23H,(H,20,22,26). The number of esters is 1. The molecule has 1 aliphatic rings. The Bertz CT molecular complexity index is 1170. The fourth-order valence-corrected chi connectivity index (χ4v) is 3.46. The summed E-state index contributed by atoms with van der Waals surface area (Å²) in [5, 5.41) is 11.2. The number of aromatic hydroxyl groups is 1. The van der Waals surface area contributed by atoms with E-state index in [9.17, 15) is 14.7 Å². The molecular formula is C18H11ClN2O4S. The topological polar surface area (TPSA) is 84.3 Å². The molecule has 6 nitrogen and oxygen atoms in total. The Morgan fingerprint density at radius 2 is 1.92 bits per heavy atom. The number of cyclic esters (lactones) is 1. The molecule has 3 aromatic rings. The summed E-state index contributed by atoms with van der Waals surface area (Å²) in [6.07, 6.45) is -1.02. The molecule has 0 saturated carbocycles. The van der Waals surface area contributed by atoms with Gasteiger partial charge in [-0.1, -0.05) is 35.9 Å². The maximum absolute atomic E-state index is 12.5. The highest BCUT2D eigenvalue weighted by atomic mass is 35.5. The predicted molar refractivity (Wildman–Crippen MR) is 97.6 cm³/mol. The maximum atomic E-state index is 12.5. The smallest absolute Gasteiger partial charge is 0.339 e. The van der Waals surface area contributed by atoms with Crippen molar-refractivity contribution in [3.8, 4) is 11.6 Å². The Balaban J connectivity index is 1.97. The highest BCUT2D eigenvalue weighted by molar-refractivity contribution is 7.71. The van der Waals surface area contributed by atoms with Gasteiger partial charge in [-0.15, -0.1) is 0 Å². The second kappa shape index (κ2) is 6.12. The van der Waals surface area contributed by atoms with Gasteiger partial charge < -0.3 is 9.84 Å². The van der Waals surface area contributed by atoms with Crippen molar-refractivity contribution in [2.45, 2.75) is 6.10 Å². The number of benzene rings is 2. The van der Waals surface area contributed by atoms with Crippen molar-refractivity contribution in [2.24, 2.45) is 0 Å². The van der Waals surface area contributed by atoms with Crippen molar-refractivity contribution in [3.63, 3.8) is 0 Å². The number of hydrogen-bond donors (Lipinski definition) is 2. The first-order chi connectivity index (χ1) is 12.5. The molecule has 26 heavy (non-hydrogen) atoms. The van der Waals surface area contributed by atoms with Gasteiger partial charge in [0.2, 0.25) is 5.88 Å². The van der Waals surface area contributed by atoms with Crippen LogP contribution in [0.2, 0.25) is 5.02 Å². The van der Waals surface area contributed by atoms with Gasteiger partial charge in [0.25, 0.3) is 5.56 Å². The monoisotopic (exact) mass is 386 g/mol. The van der Waals surface area contributed by atoms with Crippen LogP contribution >= 0.6 is 23.8 Å². The van der Waals surface area contributed by atoms with Crippen LogP contribution in [0.4, 0.5) is 0 Å². The summed E-state index contributed by atoms with van der Waals surface area (Å²) < 4.78 is 6.61. The predicted octanol–water partition coefficient (Wildman–Crippen LogP) is 3.51. The van der Waals surface area contributed by atoms with E-state index in [0.717, 1.165) is 0 Å². The highest BCUT2D eigenvalue weighted by Crippen LogP contribution is 2.38. The number of fused-ring (bicyclic) bond motifs is 1. The van der Waals surface area contributed by atoms with Gasteiger partial charge in [-0.2, -0.15) is 0 Å². The van der Waals surface area contributed by atoms with Gasteiger partial charge in [0.05, 0.1) is 11.3 Å². The van der Waals surface area contributed by atoms with Crippen LogP contribution in [0.3, 0.4) is 0 Å². The number of aromatic nitrogens is 2. The van der Waals surface area contributed by atoms with Gasteiger partial charge in [-0.3, -0.25) is 14.3 Å². The summed E-state index contributed by atoms with van der Waals surface area (Å²) >= 11 is 11.2. The Kier molecular flexibility index (Phi) is 3.90. The molecule has 0 radical (unpaired) electrons. The lowest BCUT2D eigenvalue weighted by Gasteiger charge is -2.16. The molecule has 8 heteroatoms. The van der Waals surface area contributed by atoms with Crippen LogP contribution in [-0.2, 0) is 4.74 Å². The Morgan fingerprint density at radius 3 is 2.69 bits per heavy atom. The number of nitrogens with one attached hydrogen (secondary N) is 1. The average molecular weight is 387 g/mol. The minimum Gasteiger partial charge on any atom is -0.494 e. The van der Waals surface area contributed by atoms with E-state index in [4.69, 9.17) is 28.6 Å². The van der Waals surface area contributed by atoms with Gasteiger partial charge in [0, 0.05) is 10.6 Å². The quantitative estimate of drug-likeness (QED) is 0.520. The molecule has 0 fully saturated rings. The number of H-pyrrole nitrogens is 1. The summed E-state index contributed by atoms with van der Waals surface area (Å²) in [7, 11) is 0. The first-order valence-corrected chi connectivity index (χ1v) is 8.40. The third-order valence-electron chi connectivity index (χ3n) is 4.14. The molecule has 0 saturated heterocycles. The van der Waals surface area contributed by atoms with Crippen molar-refractivity contribution in [1.29, 1.82) is 0 Å². The highest BCUT2D eigenvalue weighted by Gasteiger charge is 2.36. The molecule has 1 atom stereocenters. The lowest BCUT2D eigenvalue weighted by atomic mass is 10.0. The third kappa shape index (κ3) is 2.53. The minimum absolute atomic E-state index is 0.00359. The van der Waals surface area contributed by atoms with E-state index in [-0.39, 0.29) is 10.3 Å². The van der Waals surface area contributed by atoms with Crippen molar-refractivity contribution in [1.82, 2.24) is 9.55 Å². The average Bonchev–Trinajstić information content (AvgIpc) is 2.92. The van der Waals surface area contributed by atoms with Crippen LogP contribution in [0.25, 0.3) is 5.69 Å². The van der Waals surface area contributed by atoms with Crippen LogP contribution in [0.1, 0.15) is 27.6 Å². The minimum atomic E-state index is -1.02. The molecule has 130 valence electrons. The van der Waals surface area contributed by atoms with E-state index in [0.29, 0.717) is 21.8 Å². The Morgan fingerprint density at radius 1 is 1.15 bits per heavy atom. The second-order valence-corrected chi connectivity index (χ2v) is 6.51. The molecule has 2 N–H and O–H groups in total. The molecule has 0 aliphatic carbocycles. The molecule has 1 aliphatic heterocycles. The number of halogens is 1. The molecular weight excluding hydrogens is 376 g/mol. The maximum Gasteiger partial charge on any atom is 0.339 e. The van der Waals surface area contributed by atoms with E-state index in [1.54, 1.807) is 48.5 Å². The number of ether oxygens (including phenoxy) is 1. The first-order valence-electron chi connectivity index (χ1n) is 7.61. The molecule has 2 aromatic carbocycles. The molecule has 2 heterocycles. The summed E-state index contributed by atoms with van der Waals surface area (Å²) in [6.45, 7) is 0. The Labute approximate surface area is 157 Å². The van der Waals surface area contributed by atoms with Crippen LogP contribution < -0.4 is 5.56 Å². The zero-order valence-corrected chi connectivity index (χ0v) is 14.7. The SMILES string of the molecule is O=C1OC(c2c(O)n(-c3cccc(Cl)c3)c(=S)[nH]c2=O)c2ccccc21.